The first-order valence-corrected chi connectivity index (χ1v) is 9.94. The molecule has 0 bridgehead atoms. The van der Waals surface area contributed by atoms with Gasteiger partial charge in [0.25, 0.3) is 5.56 Å². The lowest BCUT2D eigenvalue weighted by Crippen LogP contribution is -2.36. The molecule has 6 nitrogen and oxygen atoms in total. The minimum atomic E-state index is -0.0400. The Morgan fingerprint density at radius 2 is 2.04 bits per heavy atom. The number of aromatic amines is 1. The highest BCUT2D eigenvalue weighted by atomic mass is 16.5. The zero-order valence-corrected chi connectivity index (χ0v) is 15.9. The smallest absolute Gasteiger partial charge is 0.252 e. The van der Waals surface area contributed by atoms with E-state index < -0.39 is 0 Å². The number of carbonyl (C=O) groups excluding carboxylic acids is 1. The molecule has 4 rings (SSSR count). The third-order valence-electron chi connectivity index (χ3n) is 5.42. The minimum Gasteiger partial charge on any atom is -0.494 e. The molecule has 1 aliphatic carbocycles. The molecule has 1 saturated carbocycles. The van der Waals surface area contributed by atoms with E-state index >= 15 is 0 Å². The predicted octanol–water partition coefficient (Wildman–Crippen LogP) is 2.37. The molecule has 2 aliphatic rings. The summed E-state index contributed by atoms with van der Waals surface area (Å²) >= 11 is 0. The normalized spacial score (nSPS) is 18.5. The number of H-pyrrole nitrogens is 1. The second-order valence-corrected chi connectivity index (χ2v) is 7.54. The summed E-state index contributed by atoms with van der Waals surface area (Å²) in [7, 11) is 0. The summed E-state index contributed by atoms with van der Waals surface area (Å²) in [6.07, 6.45) is 3.06. The highest BCUT2D eigenvalue weighted by Crippen LogP contribution is 2.31. The molecule has 1 aromatic heterocycles. The van der Waals surface area contributed by atoms with Gasteiger partial charge in [0.2, 0.25) is 5.91 Å². The van der Waals surface area contributed by atoms with Crippen molar-refractivity contribution in [3.63, 3.8) is 0 Å². The number of fused-ring (bicyclic) bond motifs is 1. The molecular formula is C21H27N3O3. The van der Waals surface area contributed by atoms with E-state index in [9.17, 15) is 9.59 Å². The lowest BCUT2D eigenvalue weighted by Gasteiger charge is -2.22. The predicted molar refractivity (Wildman–Crippen MR) is 105 cm³/mol. The quantitative estimate of drug-likeness (QED) is 0.879. The van der Waals surface area contributed by atoms with Gasteiger partial charge >= 0.3 is 0 Å². The second-order valence-electron chi connectivity index (χ2n) is 7.54. The van der Waals surface area contributed by atoms with Crippen LogP contribution in [0.1, 0.15) is 31.7 Å². The summed E-state index contributed by atoms with van der Waals surface area (Å²) in [5.74, 6) is 1.41. The molecule has 1 saturated heterocycles. The van der Waals surface area contributed by atoms with Crippen molar-refractivity contribution in [1.29, 1.82) is 0 Å². The molecule has 0 atom stereocenters. The molecule has 6 heteroatoms. The van der Waals surface area contributed by atoms with Crippen LogP contribution in [-0.2, 0) is 11.3 Å². The number of aromatic nitrogens is 1. The summed E-state index contributed by atoms with van der Waals surface area (Å²) in [5, 5.41) is 0.982. The molecule has 0 radical (unpaired) electrons. The Hall–Kier alpha value is -2.34. The fourth-order valence-electron chi connectivity index (χ4n) is 3.78. The fraction of sp³-hybridized carbons (Fsp3) is 0.524. The molecule has 1 aliphatic heterocycles. The van der Waals surface area contributed by atoms with Gasteiger partial charge in [0.15, 0.2) is 0 Å². The topological polar surface area (TPSA) is 65.6 Å². The zero-order valence-electron chi connectivity index (χ0n) is 15.9. The van der Waals surface area contributed by atoms with Crippen molar-refractivity contribution < 1.29 is 9.53 Å². The minimum absolute atomic E-state index is 0.0400. The fourth-order valence-corrected chi connectivity index (χ4v) is 3.78. The molecule has 0 unspecified atom stereocenters. The number of rotatable bonds is 5. The SMILES string of the molecule is CCOc1ccc2[nH]c(=O)c(CN3CCCN(C(=O)C4CC4)CC3)cc2c1. The van der Waals surface area contributed by atoms with Crippen molar-refractivity contribution in [2.24, 2.45) is 5.92 Å². The first-order chi connectivity index (χ1) is 13.1. The van der Waals surface area contributed by atoms with E-state index in [0.29, 0.717) is 19.1 Å². The summed E-state index contributed by atoms with van der Waals surface area (Å²) in [6, 6.07) is 7.70. The molecule has 2 heterocycles. The van der Waals surface area contributed by atoms with Crippen molar-refractivity contribution in [3.05, 3.63) is 40.2 Å². The van der Waals surface area contributed by atoms with Crippen molar-refractivity contribution >= 4 is 16.8 Å². The van der Waals surface area contributed by atoms with Gasteiger partial charge in [-0.05, 0) is 50.5 Å². The van der Waals surface area contributed by atoms with Gasteiger partial charge < -0.3 is 14.6 Å². The van der Waals surface area contributed by atoms with Gasteiger partial charge in [-0.3, -0.25) is 14.5 Å². The highest BCUT2D eigenvalue weighted by Gasteiger charge is 2.33. The van der Waals surface area contributed by atoms with Crippen LogP contribution in [0, 0.1) is 5.92 Å². The van der Waals surface area contributed by atoms with E-state index in [-0.39, 0.29) is 11.5 Å². The average Bonchev–Trinajstić information content (AvgIpc) is 3.50. The highest BCUT2D eigenvalue weighted by molar-refractivity contribution is 5.81. The number of nitrogens with one attached hydrogen (secondary N) is 1. The number of benzene rings is 1. The molecule has 144 valence electrons. The largest absolute Gasteiger partial charge is 0.494 e. The number of hydrogen-bond donors (Lipinski definition) is 1. The average molecular weight is 369 g/mol. The van der Waals surface area contributed by atoms with Gasteiger partial charge in [0.05, 0.1) is 6.61 Å². The first-order valence-electron chi connectivity index (χ1n) is 9.94. The number of ether oxygens (including phenoxy) is 1. The van der Waals surface area contributed by atoms with Gasteiger partial charge in [-0.15, -0.1) is 0 Å². The Labute approximate surface area is 159 Å². The van der Waals surface area contributed by atoms with Gasteiger partial charge in [-0.2, -0.15) is 0 Å². The van der Waals surface area contributed by atoms with Crippen LogP contribution in [0.5, 0.6) is 5.75 Å². The first kappa shape index (κ1) is 18.0. The summed E-state index contributed by atoms with van der Waals surface area (Å²) < 4.78 is 5.57. The molecule has 1 aromatic carbocycles. The summed E-state index contributed by atoms with van der Waals surface area (Å²) in [6.45, 7) is 6.49. The van der Waals surface area contributed by atoms with E-state index in [1.54, 1.807) is 0 Å². The number of carbonyl (C=O) groups is 1. The Morgan fingerprint density at radius 3 is 2.81 bits per heavy atom. The van der Waals surface area contributed by atoms with Crippen LogP contribution in [0.25, 0.3) is 10.9 Å². The summed E-state index contributed by atoms with van der Waals surface area (Å²) in [4.78, 5) is 32.1. The van der Waals surface area contributed by atoms with Gasteiger partial charge in [-0.1, -0.05) is 0 Å². The van der Waals surface area contributed by atoms with Crippen LogP contribution in [-0.4, -0.2) is 53.5 Å². The molecule has 2 fully saturated rings. The van der Waals surface area contributed by atoms with Crippen molar-refractivity contribution in [2.75, 3.05) is 32.8 Å². The van der Waals surface area contributed by atoms with Crippen LogP contribution in [0.15, 0.2) is 29.1 Å². The standard InChI is InChI=1S/C21H27N3O3/c1-2-27-18-6-7-19-16(13-18)12-17(20(25)22-19)14-23-8-3-9-24(11-10-23)21(26)15-4-5-15/h6-7,12-13,15H,2-5,8-11,14H2,1H3,(H,22,25). The van der Waals surface area contributed by atoms with E-state index in [4.69, 9.17) is 4.74 Å². The van der Waals surface area contributed by atoms with Crippen LogP contribution in [0.2, 0.25) is 0 Å². The number of pyridine rings is 1. The molecule has 1 N–H and O–H groups in total. The second kappa shape index (κ2) is 7.72. The van der Waals surface area contributed by atoms with Crippen LogP contribution in [0.3, 0.4) is 0 Å². The third-order valence-corrected chi connectivity index (χ3v) is 5.42. The van der Waals surface area contributed by atoms with Crippen molar-refractivity contribution in [2.45, 2.75) is 32.7 Å². The van der Waals surface area contributed by atoms with E-state index in [1.807, 2.05) is 36.1 Å². The van der Waals surface area contributed by atoms with Crippen LogP contribution in [0.4, 0.5) is 0 Å². The van der Waals surface area contributed by atoms with E-state index in [0.717, 1.165) is 67.7 Å². The third kappa shape index (κ3) is 4.16. The Bertz CT molecular complexity index is 888. The van der Waals surface area contributed by atoms with Gasteiger partial charge in [-0.25, -0.2) is 0 Å². The maximum atomic E-state index is 12.5. The van der Waals surface area contributed by atoms with E-state index in [2.05, 4.69) is 9.88 Å². The maximum Gasteiger partial charge on any atom is 0.252 e. The monoisotopic (exact) mass is 369 g/mol. The Balaban J connectivity index is 1.47. The maximum absolute atomic E-state index is 12.5. The molecule has 2 aromatic rings. The number of hydrogen-bond acceptors (Lipinski definition) is 4. The molecule has 27 heavy (non-hydrogen) atoms. The van der Waals surface area contributed by atoms with E-state index in [1.165, 1.54) is 0 Å². The molecule has 1 amide bonds. The Kier molecular flexibility index (Phi) is 5.16. The zero-order chi connectivity index (χ0) is 18.8. The molecular weight excluding hydrogens is 342 g/mol. The Morgan fingerprint density at radius 1 is 1.19 bits per heavy atom. The lowest BCUT2D eigenvalue weighted by molar-refractivity contribution is -0.132. The molecule has 0 spiro atoms. The van der Waals surface area contributed by atoms with Gasteiger partial charge in [0, 0.05) is 55.1 Å². The number of nitrogens with zero attached hydrogens (tertiary/aromatic N) is 2. The lowest BCUT2D eigenvalue weighted by atomic mass is 10.1. The van der Waals surface area contributed by atoms with Crippen LogP contribution >= 0.6 is 0 Å². The van der Waals surface area contributed by atoms with Crippen molar-refractivity contribution in [3.8, 4) is 5.75 Å². The van der Waals surface area contributed by atoms with Gasteiger partial charge in [0.1, 0.15) is 5.75 Å². The number of amides is 1. The van der Waals surface area contributed by atoms with Crippen molar-refractivity contribution in [1.82, 2.24) is 14.8 Å². The summed E-state index contributed by atoms with van der Waals surface area (Å²) in [5.41, 5.74) is 1.55. The van der Waals surface area contributed by atoms with Crippen LogP contribution < -0.4 is 10.3 Å².